The Morgan fingerprint density at radius 1 is 1.39 bits per heavy atom. The lowest BCUT2D eigenvalue weighted by Gasteiger charge is -2.28. The first-order valence-electron chi connectivity index (χ1n) is 6.36. The predicted octanol–water partition coefficient (Wildman–Crippen LogP) is -0.609. The van der Waals surface area contributed by atoms with Gasteiger partial charge in [-0.1, -0.05) is 0 Å². The molecule has 2 aliphatic heterocycles. The van der Waals surface area contributed by atoms with E-state index >= 15 is 0 Å². The summed E-state index contributed by atoms with van der Waals surface area (Å²) in [6.07, 6.45) is 2.92. The maximum atomic E-state index is 12.0. The van der Waals surface area contributed by atoms with Crippen molar-refractivity contribution in [3.8, 4) is 0 Å². The van der Waals surface area contributed by atoms with E-state index in [0.29, 0.717) is 6.04 Å². The van der Waals surface area contributed by atoms with Crippen molar-refractivity contribution in [2.24, 2.45) is 0 Å². The molecule has 0 radical (unpaired) electrons. The van der Waals surface area contributed by atoms with Crippen LogP contribution in [0.3, 0.4) is 0 Å². The number of likely N-dealkylation sites (tertiary alicyclic amines) is 1. The SMILES string of the molecule is CC1CCCC(C(=O)NC2CC(=O)N(C)C2=O)N1. The molecule has 6 nitrogen and oxygen atoms in total. The van der Waals surface area contributed by atoms with Gasteiger partial charge < -0.3 is 10.6 Å². The van der Waals surface area contributed by atoms with Crippen LogP contribution in [0.15, 0.2) is 0 Å². The number of nitrogens with one attached hydrogen (secondary N) is 2. The Morgan fingerprint density at radius 2 is 2.11 bits per heavy atom. The van der Waals surface area contributed by atoms with Crippen LogP contribution in [-0.4, -0.2) is 47.8 Å². The van der Waals surface area contributed by atoms with E-state index in [2.05, 4.69) is 10.6 Å². The Balaban J connectivity index is 1.91. The molecule has 100 valence electrons. The Kier molecular flexibility index (Phi) is 3.65. The number of imide groups is 1. The fourth-order valence-corrected chi connectivity index (χ4v) is 2.49. The van der Waals surface area contributed by atoms with Crippen molar-refractivity contribution in [3.05, 3.63) is 0 Å². The van der Waals surface area contributed by atoms with Crippen molar-refractivity contribution in [1.29, 1.82) is 0 Å². The number of carbonyl (C=O) groups is 3. The zero-order valence-corrected chi connectivity index (χ0v) is 10.7. The number of hydrogen-bond donors (Lipinski definition) is 2. The second-order valence-corrected chi connectivity index (χ2v) is 5.11. The van der Waals surface area contributed by atoms with Gasteiger partial charge >= 0.3 is 0 Å². The van der Waals surface area contributed by atoms with Crippen LogP contribution in [0, 0.1) is 0 Å². The molecule has 18 heavy (non-hydrogen) atoms. The molecule has 0 aromatic carbocycles. The number of amides is 3. The standard InChI is InChI=1S/C12H19N3O3/c1-7-4-3-5-8(13-7)11(17)14-9-6-10(16)15(2)12(9)18/h7-9,13H,3-6H2,1-2H3,(H,14,17). The fraction of sp³-hybridized carbons (Fsp3) is 0.750. The fourth-order valence-electron chi connectivity index (χ4n) is 2.49. The first-order chi connectivity index (χ1) is 8.49. The second-order valence-electron chi connectivity index (χ2n) is 5.11. The molecule has 0 spiro atoms. The third kappa shape index (κ3) is 2.53. The van der Waals surface area contributed by atoms with Crippen molar-refractivity contribution in [2.75, 3.05) is 7.05 Å². The maximum Gasteiger partial charge on any atom is 0.252 e. The van der Waals surface area contributed by atoms with E-state index in [1.807, 2.05) is 6.92 Å². The van der Waals surface area contributed by atoms with Crippen LogP contribution in [0.4, 0.5) is 0 Å². The molecular weight excluding hydrogens is 234 g/mol. The van der Waals surface area contributed by atoms with Gasteiger partial charge in [-0.15, -0.1) is 0 Å². The summed E-state index contributed by atoms with van der Waals surface area (Å²) in [6.45, 7) is 2.04. The van der Waals surface area contributed by atoms with Crippen molar-refractivity contribution in [1.82, 2.24) is 15.5 Å². The molecule has 2 rings (SSSR count). The van der Waals surface area contributed by atoms with E-state index in [1.165, 1.54) is 7.05 Å². The Bertz CT molecular complexity index is 383. The van der Waals surface area contributed by atoms with Gasteiger partial charge in [-0.3, -0.25) is 19.3 Å². The van der Waals surface area contributed by atoms with E-state index in [0.717, 1.165) is 24.2 Å². The summed E-state index contributed by atoms with van der Waals surface area (Å²) in [5.74, 6) is -0.740. The first-order valence-corrected chi connectivity index (χ1v) is 6.36. The van der Waals surface area contributed by atoms with Crippen LogP contribution in [0.2, 0.25) is 0 Å². The van der Waals surface area contributed by atoms with Crippen molar-refractivity contribution < 1.29 is 14.4 Å². The quantitative estimate of drug-likeness (QED) is 0.644. The number of nitrogens with zero attached hydrogens (tertiary/aromatic N) is 1. The molecule has 2 heterocycles. The van der Waals surface area contributed by atoms with Crippen LogP contribution >= 0.6 is 0 Å². The molecule has 0 saturated carbocycles. The molecule has 0 aliphatic carbocycles. The summed E-state index contributed by atoms with van der Waals surface area (Å²) in [5, 5.41) is 5.87. The summed E-state index contributed by atoms with van der Waals surface area (Å²) in [5.41, 5.74) is 0. The Morgan fingerprint density at radius 3 is 2.67 bits per heavy atom. The normalized spacial score (nSPS) is 32.8. The minimum atomic E-state index is -0.686. The smallest absolute Gasteiger partial charge is 0.252 e. The van der Waals surface area contributed by atoms with Gasteiger partial charge in [0.25, 0.3) is 5.91 Å². The van der Waals surface area contributed by atoms with Gasteiger partial charge in [0.15, 0.2) is 0 Å². The summed E-state index contributed by atoms with van der Waals surface area (Å²) in [7, 11) is 1.44. The molecule has 0 bridgehead atoms. The minimum absolute atomic E-state index is 0.0728. The highest BCUT2D eigenvalue weighted by molar-refractivity contribution is 6.06. The van der Waals surface area contributed by atoms with Gasteiger partial charge in [0, 0.05) is 13.1 Å². The molecule has 0 aromatic rings. The number of likely N-dealkylation sites (N-methyl/N-ethyl adjacent to an activating group) is 1. The summed E-state index contributed by atoms with van der Waals surface area (Å²) in [4.78, 5) is 36.1. The van der Waals surface area contributed by atoms with Crippen molar-refractivity contribution >= 4 is 17.7 Å². The molecule has 2 fully saturated rings. The zero-order chi connectivity index (χ0) is 13.3. The number of hydrogen-bond acceptors (Lipinski definition) is 4. The van der Waals surface area contributed by atoms with Gasteiger partial charge in [-0.25, -0.2) is 0 Å². The highest BCUT2D eigenvalue weighted by Gasteiger charge is 2.38. The van der Waals surface area contributed by atoms with Crippen LogP contribution in [-0.2, 0) is 14.4 Å². The van der Waals surface area contributed by atoms with Crippen LogP contribution < -0.4 is 10.6 Å². The molecule has 3 unspecified atom stereocenters. The van der Waals surface area contributed by atoms with Crippen LogP contribution in [0.5, 0.6) is 0 Å². The maximum absolute atomic E-state index is 12.0. The highest BCUT2D eigenvalue weighted by Crippen LogP contribution is 2.14. The molecule has 6 heteroatoms. The minimum Gasteiger partial charge on any atom is -0.342 e. The molecule has 2 saturated heterocycles. The van der Waals surface area contributed by atoms with E-state index in [4.69, 9.17) is 0 Å². The number of carbonyl (C=O) groups excluding carboxylic acids is 3. The van der Waals surface area contributed by atoms with Gasteiger partial charge in [0.05, 0.1) is 12.5 Å². The van der Waals surface area contributed by atoms with Crippen LogP contribution in [0.25, 0.3) is 0 Å². The third-order valence-corrected chi connectivity index (χ3v) is 3.63. The van der Waals surface area contributed by atoms with Gasteiger partial charge in [-0.05, 0) is 26.2 Å². The Labute approximate surface area is 106 Å². The van der Waals surface area contributed by atoms with Crippen LogP contribution in [0.1, 0.15) is 32.6 Å². The molecule has 2 N–H and O–H groups in total. The highest BCUT2D eigenvalue weighted by atomic mass is 16.2. The molecule has 2 aliphatic rings. The number of piperidine rings is 1. The summed E-state index contributed by atoms with van der Waals surface area (Å²) in [6, 6.07) is -0.616. The largest absolute Gasteiger partial charge is 0.342 e. The lowest BCUT2D eigenvalue weighted by atomic mass is 9.99. The second kappa shape index (κ2) is 5.06. The number of rotatable bonds is 2. The van der Waals surface area contributed by atoms with E-state index in [1.54, 1.807) is 0 Å². The topological polar surface area (TPSA) is 78.5 Å². The van der Waals surface area contributed by atoms with Gasteiger partial charge in [-0.2, -0.15) is 0 Å². The molecule has 3 atom stereocenters. The monoisotopic (exact) mass is 253 g/mol. The van der Waals surface area contributed by atoms with Gasteiger partial charge in [0.1, 0.15) is 6.04 Å². The average Bonchev–Trinajstić information content (AvgIpc) is 2.57. The zero-order valence-electron chi connectivity index (χ0n) is 10.7. The van der Waals surface area contributed by atoms with Gasteiger partial charge in [0.2, 0.25) is 11.8 Å². The van der Waals surface area contributed by atoms with E-state index < -0.39 is 6.04 Å². The lowest BCUT2D eigenvalue weighted by Crippen LogP contribution is -2.53. The lowest BCUT2D eigenvalue weighted by molar-refractivity contribution is -0.138. The molecule has 3 amide bonds. The molecule has 0 aromatic heterocycles. The summed E-state index contributed by atoms with van der Waals surface area (Å²) < 4.78 is 0. The third-order valence-electron chi connectivity index (χ3n) is 3.63. The first kappa shape index (κ1) is 13.0. The van der Waals surface area contributed by atoms with Crippen molar-refractivity contribution in [3.63, 3.8) is 0 Å². The predicted molar refractivity (Wildman–Crippen MR) is 64.6 cm³/mol. The average molecular weight is 253 g/mol. The summed E-state index contributed by atoms with van der Waals surface area (Å²) >= 11 is 0. The molecular formula is C12H19N3O3. The van der Waals surface area contributed by atoms with E-state index in [9.17, 15) is 14.4 Å². The van der Waals surface area contributed by atoms with Crippen molar-refractivity contribution in [2.45, 2.75) is 50.7 Å². The Hall–Kier alpha value is -1.43. The van der Waals surface area contributed by atoms with E-state index in [-0.39, 0.29) is 30.2 Å².